The fourth-order valence-electron chi connectivity index (χ4n) is 1.27. The molecule has 0 saturated heterocycles. The Morgan fingerprint density at radius 3 is 2.41 bits per heavy atom. The van der Waals surface area contributed by atoms with Crippen molar-refractivity contribution in [3.05, 3.63) is 29.3 Å². The molecule has 7 heteroatoms. The number of nitrogens with two attached hydrogens (primary N) is 1. The van der Waals surface area contributed by atoms with Crippen molar-refractivity contribution in [1.82, 2.24) is 10.4 Å². The van der Waals surface area contributed by atoms with Crippen LogP contribution in [-0.4, -0.2) is 25.0 Å². The number of nitrogen functional groups attached to an aromatic ring is 1. The molecule has 0 saturated carbocycles. The highest BCUT2D eigenvalue weighted by Gasteiger charge is 2.34. The first kappa shape index (κ1) is 13.3. The number of hydrogen-bond acceptors (Lipinski definition) is 3. The Balaban J connectivity index is 3.15. The van der Waals surface area contributed by atoms with Gasteiger partial charge in [0.1, 0.15) is 0 Å². The van der Waals surface area contributed by atoms with E-state index in [1.54, 1.807) is 14.1 Å². The van der Waals surface area contributed by atoms with Gasteiger partial charge < -0.3 is 5.73 Å². The van der Waals surface area contributed by atoms with Gasteiger partial charge in [-0.1, -0.05) is 6.07 Å². The van der Waals surface area contributed by atoms with Crippen LogP contribution in [0, 0.1) is 0 Å². The van der Waals surface area contributed by atoms with Crippen molar-refractivity contribution < 1.29 is 18.0 Å². The second-order valence-electron chi connectivity index (χ2n) is 3.60. The third kappa shape index (κ3) is 3.10. The van der Waals surface area contributed by atoms with E-state index in [4.69, 9.17) is 5.73 Å². The van der Waals surface area contributed by atoms with Crippen molar-refractivity contribution >= 4 is 11.6 Å². The summed E-state index contributed by atoms with van der Waals surface area (Å²) in [5, 5.41) is 1.32. The Morgan fingerprint density at radius 1 is 1.35 bits per heavy atom. The van der Waals surface area contributed by atoms with Crippen LogP contribution in [0.2, 0.25) is 0 Å². The maximum absolute atomic E-state index is 12.5. The molecule has 17 heavy (non-hydrogen) atoms. The Labute approximate surface area is 96.2 Å². The molecule has 0 radical (unpaired) electrons. The largest absolute Gasteiger partial charge is 0.418 e. The minimum Gasteiger partial charge on any atom is -0.398 e. The van der Waals surface area contributed by atoms with E-state index in [9.17, 15) is 18.0 Å². The number of amides is 1. The molecular weight excluding hydrogens is 235 g/mol. The molecule has 94 valence electrons. The van der Waals surface area contributed by atoms with Gasteiger partial charge in [0.25, 0.3) is 5.91 Å². The molecule has 1 rings (SSSR count). The minimum atomic E-state index is -4.57. The Bertz CT molecular complexity index is 429. The smallest absolute Gasteiger partial charge is 0.398 e. The monoisotopic (exact) mass is 247 g/mol. The molecule has 0 aromatic heterocycles. The van der Waals surface area contributed by atoms with E-state index in [2.05, 4.69) is 5.43 Å². The fourth-order valence-corrected chi connectivity index (χ4v) is 1.27. The van der Waals surface area contributed by atoms with Crippen LogP contribution in [-0.2, 0) is 6.18 Å². The van der Waals surface area contributed by atoms with Crippen LogP contribution >= 0.6 is 0 Å². The molecule has 3 N–H and O–H groups in total. The summed E-state index contributed by atoms with van der Waals surface area (Å²) in [5.41, 5.74) is 5.89. The van der Waals surface area contributed by atoms with E-state index < -0.39 is 23.3 Å². The SMILES string of the molecule is CN(C)NC(=O)c1cccc(C(F)(F)F)c1N. The summed E-state index contributed by atoms with van der Waals surface area (Å²) in [6.07, 6.45) is -4.57. The van der Waals surface area contributed by atoms with Crippen molar-refractivity contribution in [2.45, 2.75) is 6.18 Å². The average molecular weight is 247 g/mol. The zero-order valence-electron chi connectivity index (χ0n) is 9.30. The van der Waals surface area contributed by atoms with Crippen LogP contribution in [0.3, 0.4) is 0 Å². The number of anilines is 1. The zero-order valence-corrected chi connectivity index (χ0v) is 9.30. The number of rotatable bonds is 2. The summed E-state index contributed by atoms with van der Waals surface area (Å²) in [7, 11) is 3.09. The van der Waals surface area contributed by atoms with Crippen LogP contribution in [0.5, 0.6) is 0 Å². The predicted molar refractivity (Wildman–Crippen MR) is 57.0 cm³/mol. The summed E-state index contributed by atoms with van der Waals surface area (Å²) in [6.45, 7) is 0. The average Bonchev–Trinajstić information content (AvgIpc) is 2.14. The molecule has 1 aromatic rings. The number of nitrogens with zero attached hydrogens (tertiary/aromatic N) is 1. The summed E-state index contributed by atoms with van der Waals surface area (Å²) in [4.78, 5) is 11.6. The first-order valence-corrected chi connectivity index (χ1v) is 4.67. The fraction of sp³-hybridized carbons (Fsp3) is 0.300. The third-order valence-electron chi connectivity index (χ3n) is 1.98. The van der Waals surface area contributed by atoms with Crippen molar-refractivity contribution in [2.75, 3.05) is 19.8 Å². The maximum atomic E-state index is 12.5. The lowest BCUT2D eigenvalue weighted by Gasteiger charge is -2.15. The van der Waals surface area contributed by atoms with Crippen LogP contribution in [0.15, 0.2) is 18.2 Å². The van der Waals surface area contributed by atoms with E-state index in [0.717, 1.165) is 12.1 Å². The number of halogens is 3. The first-order valence-electron chi connectivity index (χ1n) is 4.67. The molecule has 0 aliphatic heterocycles. The molecule has 0 spiro atoms. The Morgan fingerprint density at radius 2 is 1.94 bits per heavy atom. The molecule has 0 fully saturated rings. The number of para-hydroxylation sites is 1. The first-order chi connectivity index (χ1) is 7.73. The van der Waals surface area contributed by atoms with Gasteiger partial charge >= 0.3 is 6.18 Å². The lowest BCUT2D eigenvalue weighted by atomic mass is 10.1. The minimum absolute atomic E-state index is 0.200. The van der Waals surface area contributed by atoms with Gasteiger partial charge in [-0.05, 0) is 12.1 Å². The summed E-state index contributed by atoms with van der Waals surface area (Å²) < 4.78 is 37.6. The molecule has 1 amide bonds. The maximum Gasteiger partial charge on any atom is 0.418 e. The van der Waals surface area contributed by atoms with E-state index in [0.29, 0.717) is 0 Å². The molecule has 0 unspecified atom stereocenters. The molecule has 0 atom stereocenters. The second kappa shape index (κ2) is 4.62. The molecule has 1 aromatic carbocycles. The molecule has 0 heterocycles. The topological polar surface area (TPSA) is 58.4 Å². The van der Waals surface area contributed by atoms with Crippen LogP contribution < -0.4 is 11.2 Å². The Kier molecular flexibility index (Phi) is 3.62. The number of hydrogen-bond donors (Lipinski definition) is 2. The highest BCUT2D eigenvalue weighted by atomic mass is 19.4. The zero-order chi connectivity index (χ0) is 13.2. The van der Waals surface area contributed by atoms with Crippen LogP contribution in [0.4, 0.5) is 18.9 Å². The third-order valence-corrected chi connectivity index (χ3v) is 1.98. The van der Waals surface area contributed by atoms with Crippen molar-refractivity contribution in [2.24, 2.45) is 0 Å². The van der Waals surface area contributed by atoms with Gasteiger partial charge in [-0.2, -0.15) is 13.2 Å². The van der Waals surface area contributed by atoms with Gasteiger partial charge in [-0.25, -0.2) is 5.01 Å². The molecule has 0 aliphatic rings. The summed E-state index contributed by atoms with van der Waals surface area (Å²) in [6, 6.07) is 3.22. The highest BCUT2D eigenvalue weighted by molar-refractivity contribution is 5.99. The number of carbonyl (C=O) groups is 1. The van der Waals surface area contributed by atoms with E-state index in [1.807, 2.05) is 0 Å². The lowest BCUT2D eigenvalue weighted by molar-refractivity contribution is -0.136. The van der Waals surface area contributed by atoms with E-state index >= 15 is 0 Å². The molecular formula is C10H12F3N3O. The quantitative estimate of drug-likeness (QED) is 0.615. The van der Waals surface area contributed by atoms with Gasteiger partial charge in [0.2, 0.25) is 0 Å². The lowest BCUT2D eigenvalue weighted by Crippen LogP contribution is -2.36. The standard InChI is InChI=1S/C10H12F3N3O/c1-16(2)15-9(17)6-4-3-5-7(8(6)14)10(11,12)13/h3-5H,14H2,1-2H3,(H,15,17). The Hall–Kier alpha value is -1.76. The second-order valence-corrected chi connectivity index (χ2v) is 3.60. The predicted octanol–water partition coefficient (Wildman–Crippen LogP) is 1.49. The van der Waals surface area contributed by atoms with Gasteiger partial charge in [0, 0.05) is 14.1 Å². The van der Waals surface area contributed by atoms with Crippen molar-refractivity contribution in [3.63, 3.8) is 0 Å². The van der Waals surface area contributed by atoms with Crippen LogP contribution in [0.1, 0.15) is 15.9 Å². The van der Waals surface area contributed by atoms with Crippen molar-refractivity contribution in [1.29, 1.82) is 0 Å². The van der Waals surface area contributed by atoms with Gasteiger partial charge in [0.15, 0.2) is 0 Å². The number of carbonyl (C=O) groups excluding carboxylic acids is 1. The number of nitrogens with one attached hydrogen (secondary N) is 1. The molecule has 4 nitrogen and oxygen atoms in total. The molecule has 0 aliphatic carbocycles. The van der Waals surface area contributed by atoms with E-state index in [1.165, 1.54) is 11.1 Å². The number of alkyl halides is 3. The van der Waals surface area contributed by atoms with Gasteiger partial charge in [-0.3, -0.25) is 10.2 Å². The summed E-state index contributed by atoms with van der Waals surface area (Å²) >= 11 is 0. The van der Waals surface area contributed by atoms with Crippen molar-refractivity contribution in [3.8, 4) is 0 Å². The van der Waals surface area contributed by atoms with Gasteiger partial charge in [-0.15, -0.1) is 0 Å². The van der Waals surface area contributed by atoms with E-state index in [-0.39, 0.29) is 5.56 Å². The van der Waals surface area contributed by atoms with Crippen LogP contribution in [0.25, 0.3) is 0 Å². The normalized spacial score (nSPS) is 11.6. The summed E-state index contributed by atoms with van der Waals surface area (Å²) in [5.74, 6) is -0.682. The van der Waals surface area contributed by atoms with Gasteiger partial charge in [0.05, 0.1) is 16.8 Å². The highest BCUT2D eigenvalue weighted by Crippen LogP contribution is 2.34. The number of hydrazine groups is 1. The number of benzene rings is 1. The molecule has 0 bridgehead atoms.